The van der Waals surface area contributed by atoms with Gasteiger partial charge in [-0.05, 0) is 24.7 Å². The Morgan fingerprint density at radius 2 is 2.08 bits per heavy atom. The number of carbonyl (C=O) groups is 1. The number of rotatable bonds is 5. The van der Waals surface area contributed by atoms with E-state index in [4.69, 9.17) is 4.74 Å². The van der Waals surface area contributed by atoms with Gasteiger partial charge in [-0.2, -0.15) is 0 Å². The summed E-state index contributed by atoms with van der Waals surface area (Å²) in [5.74, 6) is 1.85. The summed E-state index contributed by atoms with van der Waals surface area (Å²) < 4.78 is 7.36. The average molecular weight is 358 g/mol. The number of aryl methyl sites for hydroxylation is 1. The molecule has 1 amide bonds. The monoisotopic (exact) mass is 358 g/mol. The van der Waals surface area contributed by atoms with Crippen LogP contribution in [-0.4, -0.2) is 63.2 Å². The maximum atomic E-state index is 13.1. The van der Waals surface area contributed by atoms with Crippen LogP contribution in [0.25, 0.3) is 11.2 Å². The third-order valence-corrected chi connectivity index (χ3v) is 5.51. The second-order valence-electron chi connectivity index (χ2n) is 7.54. The van der Waals surface area contributed by atoms with Crippen LogP contribution in [0.2, 0.25) is 0 Å². The Hall–Kier alpha value is -2.22. The number of anilines is 1. The first-order valence-corrected chi connectivity index (χ1v) is 9.36. The fourth-order valence-corrected chi connectivity index (χ4v) is 3.97. The van der Waals surface area contributed by atoms with Crippen LogP contribution in [0.5, 0.6) is 0 Å². The molecule has 0 bridgehead atoms. The van der Waals surface area contributed by atoms with Crippen molar-refractivity contribution in [2.75, 3.05) is 38.2 Å². The van der Waals surface area contributed by atoms with Crippen molar-refractivity contribution in [1.82, 2.24) is 24.4 Å². The first-order chi connectivity index (χ1) is 12.6. The molecule has 2 saturated heterocycles. The summed E-state index contributed by atoms with van der Waals surface area (Å²) in [6, 6.07) is 0. The highest BCUT2D eigenvalue weighted by Gasteiger charge is 2.36. The summed E-state index contributed by atoms with van der Waals surface area (Å²) >= 11 is 0. The smallest absolute Gasteiger partial charge is 0.227 e. The third kappa shape index (κ3) is 3.25. The van der Waals surface area contributed by atoms with E-state index in [1.165, 1.54) is 6.33 Å². The number of likely N-dealkylation sites (tertiary alicyclic amines) is 1. The highest BCUT2D eigenvalue weighted by atomic mass is 16.5. The van der Waals surface area contributed by atoms with Crippen molar-refractivity contribution in [3.8, 4) is 0 Å². The van der Waals surface area contributed by atoms with E-state index in [9.17, 15) is 4.79 Å². The number of ether oxygens (including phenoxy) is 1. The van der Waals surface area contributed by atoms with Crippen molar-refractivity contribution in [3.05, 3.63) is 12.7 Å². The van der Waals surface area contributed by atoms with Gasteiger partial charge < -0.3 is 19.5 Å². The van der Waals surface area contributed by atoms with Gasteiger partial charge in [-0.15, -0.1) is 0 Å². The number of nitrogens with zero attached hydrogens (tertiary/aromatic N) is 5. The van der Waals surface area contributed by atoms with Crippen molar-refractivity contribution in [2.45, 2.75) is 19.8 Å². The quantitative estimate of drug-likeness (QED) is 0.867. The number of amides is 1. The lowest BCUT2D eigenvalue weighted by atomic mass is 9.83. The van der Waals surface area contributed by atoms with Crippen molar-refractivity contribution < 1.29 is 9.53 Å². The Labute approximate surface area is 153 Å². The normalized spacial score (nSPS) is 20.2. The predicted molar refractivity (Wildman–Crippen MR) is 97.6 cm³/mol. The van der Waals surface area contributed by atoms with Crippen molar-refractivity contribution in [1.29, 1.82) is 0 Å². The van der Waals surface area contributed by atoms with E-state index in [1.807, 2.05) is 16.5 Å². The molecule has 2 fully saturated rings. The van der Waals surface area contributed by atoms with Gasteiger partial charge in [0.15, 0.2) is 11.5 Å². The van der Waals surface area contributed by atoms with Gasteiger partial charge in [0.05, 0.1) is 12.2 Å². The molecule has 4 rings (SSSR count). The molecule has 8 heteroatoms. The van der Waals surface area contributed by atoms with Gasteiger partial charge in [0.25, 0.3) is 0 Å². The summed E-state index contributed by atoms with van der Waals surface area (Å²) in [7, 11) is 1.91. The molecule has 2 aliphatic rings. The number of nitrogens with one attached hydrogen (secondary N) is 1. The van der Waals surface area contributed by atoms with E-state index in [0.29, 0.717) is 24.2 Å². The van der Waals surface area contributed by atoms with E-state index in [0.717, 1.165) is 50.3 Å². The molecule has 140 valence electrons. The third-order valence-electron chi connectivity index (χ3n) is 5.51. The largest absolute Gasteiger partial charge is 0.381 e. The molecule has 0 aliphatic carbocycles. The summed E-state index contributed by atoms with van der Waals surface area (Å²) in [4.78, 5) is 28.0. The predicted octanol–water partition coefficient (Wildman–Crippen LogP) is 1.30. The Morgan fingerprint density at radius 1 is 1.31 bits per heavy atom. The molecule has 1 unspecified atom stereocenters. The molecule has 0 saturated carbocycles. The zero-order valence-electron chi connectivity index (χ0n) is 15.4. The minimum atomic E-state index is -0.0554. The van der Waals surface area contributed by atoms with Gasteiger partial charge in [-0.25, -0.2) is 15.0 Å². The number of aromatic nitrogens is 4. The van der Waals surface area contributed by atoms with Crippen LogP contribution in [0.3, 0.4) is 0 Å². The standard InChI is InChI=1S/C18H26N6O2/c1-12-8-24(9-12)18(25)14(13-3-5-26-6-4-13)7-19-16-15-17(21-10-20-16)23(2)11-22-15/h10-14H,3-9H2,1-2H3,(H,19,20,21). The molecule has 2 aromatic heterocycles. The lowest BCUT2D eigenvalue weighted by Gasteiger charge is -2.41. The highest BCUT2D eigenvalue weighted by molar-refractivity contribution is 5.84. The molecule has 0 spiro atoms. The SMILES string of the molecule is CC1CN(C(=O)C(CNc2ncnc3c2ncn3C)C2CCOCC2)C1. The van der Waals surface area contributed by atoms with E-state index >= 15 is 0 Å². The zero-order valence-corrected chi connectivity index (χ0v) is 15.4. The van der Waals surface area contributed by atoms with Crippen LogP contribution >= 0.6 is 0 Å². The number of imidazole rings is 1. The van der Waals surface area contributed by atoms with E-state index < -0.39 is 0 Å². The molecule has 8 nitrogen and oxygen atoms in total. The maximum absolute atomic E-state index is 13.1. The van der Waals surface area contributed by atoms with E-state index in [2.05, 4.69) is 27.2 Å². The molecular formula is C18H26N6O2. The van der Waals surface area contributed by atoms with Crippen LogP contribution in [0.4, 0.5) is 5.82 Å². The Morgan fingerprint density at radius 3 is 2.81 bits per heavy atom. The summed E-state index contributed by atoms with van der Waals surface area (Å²) in [6.07, 6.45) is 5.14. The van der Waals surface area contributed by atoms with Gasteiger partial charge >= 0.3 is 0 Å². The fraction of sp³-hybridized carbons (Fsp3) is 0.667. The number of carbonyl (C=O) groups excluding carboxylic acids is 1. The van der Waals surface area contributed by atoms with Gasteiger partial charge in [-0.3, -0.25) is 4.79 Å². The van der Waals surface area contributed by atoms with E-state index in [1.54, 1.807) is 6.33 Å². The molecule has 1 atom stereocenters. The van der Waals surface area contributed by atoms with Gasteiger partial charge in [0.1, 0.15) is 11.8 Å². The van der Waals surface area contributed by atoms with Crippen molar-refractivity contribution in [3.63, 3.8) is 0 Å². The second-order valence-corrected chi connectivity index (χ2v) is 7.54. The lowest BCUT2D eigenvalue weighted by molar-refractivity contribution is -0.144. The fourth-order valence-electron chi connectivity index (χ4n) is 3.97. The maximum Gasteiger partial charge on any atom is 0.227 e. The van der Waals surface area contributed by atoms with Crippen LogP contribution in [0.15, 0.2) is 12.7 Å². The topological polar surface area (TPSA) is 85.2 Å². The van der Waals surface area contributed by atoms with Crippen LogP contribution in [0.1, 0.15) is 19.8 Å². The van der Waals surface area contributed by atoms with Gasteiger partial charge in [-0.1, -0.05) is 6.92 Å². The van der Waals surface area contributed by atoms with Crippen molar-refractivity contribution in [2.24, 2.45) is 24.8 Å². The number of hydrogen-bond acceptors (Lipinski definition) is 6. The minimum absolute atomic E-state index is 0.0554. The van der Waals surface area contributed by atoms with Gasteiger partial charge in [0.2, 0.25) is 5.91 Å². The minimum Gasteiger partial charge on any atom is -0.381 e. The highest BCUT2D eigenvalue weighted by Crippen LogP contribution is 2.29. The van der Waals surface area contributed by atoms with Crippen LogP contribution in [-0.2, 0) is 16.6 Å². The molecule has 2 aromatic rings. The van der Waals surface area contributed by atoms with Crippen molar-refractivity contribution >= 4 is 22.9 Å². The molecular weight excluding hydrogens is 332 g/mol. The summed E-state index contributed by atoms with van der Waals surface area (Å²) in [5, 5.41) is 3.38. The van der Waals surface area contributed by atoms with Gasteiger partial charge in [0, 0.05) is 39.9 Å². The van der Waals surface area contributed by atoms with Crippen LogP contribution in [0, 0.1) is 17.8 Å². The van der Waals surface area contributed by atoms with E-state index in [-0.39, 0.29) is 11.8 Å². The molecule has 2 aliphatic heterocycles. The van der Waals surface area contributed by atoms with Crippen LogP contribution < -0.4 is 5.32 Å². The lowest BCUT2D eigenvalue weighted by Crippen LogP contribution is -2.53. The molecule has 1 N–H and O–H groups in total. The second kappa shape index (κ2) is 7.19. The molecule has 0 radical (unpaired) electrons. The Balaban J connectivity index is 1.51. The number of fused-ring (bicyclic) bond motifs is 1. The Kier molecular flexibility index (Phi) is 4.76. The average Bonchev–Trinajstić information content (AvgIpc) is 3.02. The summed E-state index contributed by atoms with van der Waals surface area (Å²) in [5.41, 5.74) is 1.53. The first-order valence-electron chi connectivity index (χ1n) is 9.36. The first kappa shape index (κ1) is 17.2. The Bertz CT molecular complexity index is 779. The number of hydrogen-bond donors (Lipinski definition) is 1. The molecule has 4 heterocycles. The molecule has 26 heavy (non-hydrogen) atoms. The molecule has 0 aromatic carbocycles. The summed E-state index contributed by atoms with van der Waals surface area (Å²) in [6.45, 7) is 5.97. The zero-order chi connectivity index (χ0) is 18.1.